The summed E-state index contributed by atoms with van der Waals surface area (Å²) in [6.45, 7) is -0.999. The highest BCUT2D eigenvalue weighted by Gasteiger charge is 2.36. The standard InChI is InChI=1S/C32H28Cl2FN3O5S/c33-23-13-15-24(16-14-23)44(41,42)37(19-25-26(34)9-6-10-27(25)35)21-31(39)38-20-30(43-29-12-5-4-11-28(29)38)32(40)36-18-17-22-7-2-1-3-8-22/h1-16,30H,17-21H2,(H,36,40). The van der Waals surface area contributed by atoms with Gasteiger partial charge in [0.1, 0.15) is 11.6 Å². The van der Waals surface area contributed by atoms with Gasteiger partial charge in [-0.3, -0.25) is 9.59 Å². The Kier molecular flexibility index (Phi) is 9.85. The van der Waals surface area contributed by atoms with Crippen LogP contribution in [0.3, 0.4) is 0 Å². The second-order valence-corrected chi connectivity index (χ2v) is 12.8. The molecule has 44 heavy (non-hydrogen) atoms. The summed E-state index contributed by atoms with van der Waals surface area (Å²) in [5, 5.41) is 3.18. The Morgan fingerprint density at radius 1 is 0.932 bits per heavy atom. The fraction of sp³-hybridized carbons (Fsp3) is 0.188. The van der Waals surface area contributed by atoms with E-state index in [-0.39, 0.29) is 22.0 Å². The molecule has 1 unspecified atom stereocenters. The zero-order valence-electron chi connectivity index (χ0n) is 23.3. The van der Waals surface area contributed by atoms with E-state index in [1.807, 2.05) is 30.3 Å². The monoisotopic (exact) mass is 655 g/mol. The maximum atomic E-state index is 14.8. The lowest BCUT2D eigenvalue weighted by atomic mass is 10.1. The van der Waals surface area contributed by atoms with Crippen LogP contribution in [-0.4, -0.2) is 50.3 Å². The number of ether oxygens (including phenoxy) is 1. The number of sulfonamides is 1. The van der Waals surface area contributed by atoms with Gasteiger partial charge in [0.05, 0.1) is 23.7 Å². The van der Waals surface area contributed by atoms with E-state index in [1.165, 1.54) is 41.3 Å². The number of fused-ring (bicyclic) bond motifs is 1. The van der Waals surface area contributed by atoms with E-state index in [0.717, 1.165) is 15.9 Å². The number of carbonyl (C=O) groups is 2. The lowest BCUT2D eigenvalue weighted by Crippen LogP contribution is -2.53. The fourth-order valence-electron chi connectivity index (χ4n) is 4.77. The van der Waals surface area contributed by atoms with Crippen LogP contribution in [0.1, 0.15) is 11.1 Å². The number of para-hydroxylation sites is 2. The number of halogens is 3. The van der Waals surface area contributed by atoms with Crippen LogP contribution in [0, 0.1) is 5.82 Å². The molecule has 12 heteroatoms. The molecule has 0 fully saturated rings. The molecule has 4 aromatic carbocycles. The lowest BCUT2D eigenvalue weighted by molar-refractivity contribution is -0.128. The molecule has 4 aromatic rings. The lowest BCUT2D eigenvalue weighted by Gasteiger charge is -2.35. The minimum absolute atomic E-state index is 0.0118. The molecule has 0 bridgehead atoms. The Bertz CT molecular complexity index is 1740. The van der Waals surface area contributed by atoms with Gasteiger partial charge < -0.3 is 15.0 Å². The number of benzene rings is 4. The van der Waals surface area contributed by atoms with Crippen LogP contribution in [0.25, 0.3) is 0 Å². The zero-order chi connectivity index (χ0) is 31.3. The summed E-state index contributed by atoms with van der Waals surface area (Å²) < 4.78 is 49.2. The molecule has 0 radical (unpaired) electrons. The van der Waals surface area contributed by atoms with Gasteiger partial charge in [0, 0.05) is 28.7 Å². The Morgan fingerprint density at radius 2 is 1.64 bits per heavy atom. The number of hydrogen-bond acceptors (Lipinski definition) is 5. The average Bonchev–Trinajstić information content (AvgIpc) is 3.02. The molecular formula is C32H28Cl2FN3O5S. The van der Waals surface area contributed by atoms with Gasteiger partial charge in [0.25, 0.3) is 5.91 Å². The normalized spacial score (nSPS) is 14.5. The van der Waals surface area contributed by atoms with Crippen LogP contribution in [0.15, 0.2) is 102 Å². The Hall–Kier alpha value is -3.96. The molecule has 1 N–H and O–H groups in total. The highest BCUT2D eigenvalue weighted by Crippen LogP contribution is 2.34. The first kappa shape index (κ1) is 31.5. The first-order chi connectivity index (χ1) is 21.1. The van der Waals surface area contributed by atoms with Crippen LogP contribution in [0.2, 0.25) is 10.0 Å². The molecular weight excluding hydrogens is 628 g/mol. The molecule has 2 amide bonds. The van der Waals surface area contributed by atoms with Crippen LogP contribution in [0.4, 0.5) is 10.1 Å². The van der Waals surface area contributed by atoms with Crippen LogP contribution in [0.5, 0.6) is 5.75 Å². The van der Waals surface area contributed by atoms with Crippen molar-refractivity contribution in [2.45, 2.75) is 24.0 Å². The van der Waals surface area contributed by atoms with Crippen molar-refractivity contribution in [2.24, 2.45) is 0 Å². The van der Waals surface area contributed by atoms with Crippen molar-refractivity contribution in [1.29, 1.82) is 0 Å². The van der Waals surface area contributed by atoms with Crippen molar-refractivity contribution in [2.75, 3.05) is 24.5 Å². The summed E-state index contributed by atoms with van der Waals surface area (Å²) in [5.41, 5.74) is 1.34. The van der Waals surface area contributed by atoms with E-state index in [9.17, 15) is 22.4 Å². The second kappa shape index (κ2) is 13.8. The molecule has 0 saturated heterocycles. The van der Waals surface area contributed by atoms with E-state index in [2.05, 4.69) is 5.32 Å². The Labute approximate surface area is 265 Å². The maximum Gasteiger partial charge on any atom is 0.262 e. The van der Waals surface area contributed by atoms with E-state index in [1.54, 1.807) is 24.3 Å². The predicted molar refractivity (Wildman–Crippen MR) is 167 cm³/mol. The second-order valence-electron chi connectivity index (χ2n) is 10.0. The van der Waals surface area contributed by atoms with E-state index >= 15 is 0 Å². The van der Waals surface area contributed by atoms with Crippen molar-refractivity contribution in [1.82, 2.24) is 9.62 Å². The van der Waals surface area contributed by atoms with Gasteiger partial charge in [0.2, 0.25) is 15.9 Å². The largest absolute Gasteiger partial charge is 0.477 e. The highest BCUT2D eigenvalue weighted by atomic mass is 35.5. The minimum atomic E-state index is -4.34. The molecule has 1 aliphatic heterocycles. The van der Waals surface area contributed by atoms with Gasteiger partial charge >= 0.3 is 0 Å². The zero-order valence-corrected chi connectivity index (χ0v) is 25.7. The van der Waals surface area contributed by atoms with E-state index in [4.69, 9.17) is 27.9 Å². The summed E-state index contributed by atoms with van der Waals surface area (Å²) in [7, 11) is -4.34. The van der Waals surface area contributed by atoms with Crippen molar-refractivity contribution < 1.29 is 27.1 Å². The van der Waals surface area contributed by atoms with Crippen molar-refractivity contribution in [3.8, 4) is 5.75 Å². The average molecular weight is 657 g/mol. The number of nitrogens with one attached hydrogen (secondary N) is 1. The van der Waals surface area contributed by atoms with E-state index in [0.29, 0.717) is 29.4 Å². The first-order valence-electron chi connectivity index (χ1n) is 13.7. The molecule has 8 nitrogen and oxygen atoms in total. The third-order valence-electron chi connectivity index (χ3n) is 7.08. The number of amides is 2. The van der Waals surface area contributed by atoms with Gasteiger partial charge in [-0.1, -0.05) is 71.7 Å². The van der Waals surface area contributed by atoms with Crippen molar-refractivity contribution >= 4 is 50.7 Å². The van der Waals surface area contributed by atoms with Gasteiger partial charge in [-0.25, -0.2) is 12.8 Å². The number of anilines is 1. The summed E-state index contributed by atoms with van der Waals surface area (Å²) in [6.07, 6.45) is -0.443. The highest BCUT2D eigenvalue weighted by molar-refractivity contribution is 7.89. The Balaban J connectivity index is 1.40. The number of nitrogens with zero attached hydrogens (tertiary/aromatic N) is 2. The summed E-state index contributed by atoms with van der Waals surface area (Å²) in [4.78, 5) is 28.2. The van der Waals surface area contributed by atoms with Crippen LogP contribution < -0.4 is 15.0 Å². The summed E-state index contributed by atoms with van der Waals surface area (Å²) in [5.74, 6) is -1.49. The topological polar surface area (TPSA) is 96.0 Å². The van der Waals surface area contributed by atoms with Gasteiger partial charge in [-0.2, -0.15) is 4.31 Å². The van der Waals surface area contributed by atoms with Gasteiger partial charge in [-0.05, 0) is 60.5 Å². The predicted octanol–water partition coefficient (Wildman–Crippen LogP) is 5.48. The molecule has 1 heterocycles. The van der Waals surface area contributed by atoms with Gasteiger partial charge in [0.15, 0.2) is 6.10 Å². The molecule has 0 spiro atoms. The minimum Gasteiger partial charge on any atom is -0.477 e. The first-order valence-corrected chi connectivity index (χ1v) is 15.9. The van der Waals surface area contributed by atoms with Crippen LogP contribution in [-0.2, 0) is 32.6 Å². The SMILES string of the molecule is O=C(NCCc1ccccc1)C1CN(C(=O)CN(Cc2c(F)cccc2Cl)S(=O)(=O)c2ccc(Cl)cc2)c2ccccc2O1. The molecule has 1 aliphatic rings. The van der Waals surface area contributed by atoms with Crippen molar-refractivity contribution in [3.05, 3.63) is 124 Å². The third-order valence-corrected chi connectivity index (χ3v) is 9.49. The van der Waals surface area contributed by atoms with E-state index < -0.39 is 46.8 Å². The summed E-state index contributed by atoms with van der Waals surface area (Å²) in [6, 6.07) is 25.7. The molecule has 5 rings (SSSR count). The summed E-state index contributed by atoms with van der Waals surface area (Å²) >= 11 is 12.2. The maximum absolute atomic E-state index is 14.8. The molecule has 1 atom stereocenters. The van der Waals surface area contributed by atoms with Crippen LogP contribution >= 0.6 is 23.2 Å². The fourth-order valence-corrected chi connectivity index (χ4v) is 6.48. The molecule has 0 aromatic heterocycles. The van der Waals surface area contributed by atoms with Gasteiger partial charge in [-0.15, -0.1) is 0 Å². The number of hydrogen-bond donors (Lipinski definition) is 1. The molecule has 0 aliphatic carbocycles. The molecule has 228 valence electrons. The third kappa shape index (κ3) is 7.22. The number of carbonyl (C=O) groups excluding carboxylic acids is 2. The smallest absolute Gasteiger partial charge is 0.262 e. The quantitative estimate of drug-likeness (QED) is 0.244. The number of rotatable bonds is 10. The Morgan fingerprint density at radius 3 is 2.36 bits per heavy atom. The molecule has 0 saturated carbocycles. The van der Waals surface area contributed by atoms with Crippen molar-refractivity contribution in [3.63, 3.8) is 0 Å².